The number of carbonyl (C=O) groups excluding carboxylic acids is 2. The summed E-state index contributed by atoms with van der Waals surface area (Å²) in [4.78, 5) is 33.7. The largest absolute Gasteiger partial charge is 0.472 e. The summed E-state index contributed by atoms with van der Waals surface area (Å²) in [5.74, 6) is -0.577. The Morgan fingerprint density at radius 2 is 1.12 bits per heavy atom. The zero-order valence-electron chi connectivity index (χ0n) is 30.9. The fourth-order valence-electron chi connectivity index (χ4n) is 4.84. The molecule has 0 aliphatic rings. The normalized spacial score (nSPS) is 14.0. The van der Waals surface area contributed by atoms with Crippen molar-refractivity contribution < 1.29 is 37.9 Å². The van der Waals surface area contributed by atoms with Gasteiger partial charge in [0.1, 0.15) is 12.7 Å². The van der Waals surface area contributed by atoms with Crippen LogP contribution in [0.4, 0.5) is 0 Å². The van der Waals surface area contributed by atoms with Gasteiger partial charge in [0.25, 0.3) is 0 Å². The highest BCUT2D eigenvalue weighted by Gasteiger charge is 2.23. The summed E-state index contributed by atoms with van der Waals surface area (Å²) >= 11 is 0. The maximum atomic E-state index is 12.0. The smallest absolute Gasteiger partial charge is 0.463 e. The van der Waals surface area contributed by atoms with Crippen molar-refractivity contribution >= 4 is 19.7 Å². The summed E-state index contributed by atoms with van der Waals surface area (Å²) in [5.41, 5.74) is 0. The van der Waals surface area contributed by atoms with E-state index in [9.17, 15) is 24.2 Å². The lowest BCUT2D eigenvalue weighted by Crippen LogP contribution is -2.27. The number of hydrogen-bond donors (Lipinski definition) is 3. The molecule has 0 fully saturated rings. The molecule has 0 spiro atoms. The molecule has 0 bridgehead atoms. The molecule has 1 amide bonds. The molecule has 49 heavy (non-hydrogen) atoms. The van der Waals surface area contributed by atoms with E-state index in [1.54, 1.807) is 0 Å². The molecule has 0 saturated carbocycles. The number of aliphatic hydroxyl groups excluding tert-OH is 1. The van der Waals surface area contributed by atoms with Crippen LogP contribution in [0.1, 0.15) is 155 Å². The number of rotatable bonds is 35. The van der Waals surface area contributed by atoms with Crippen LogP contribution >= 0.6 is 7.82 Å². The molecule has 9 nitrogen and oxygen atoms in total. The lowest BCUT2D eigenvalue weighted by Gasteiger charge is -2.15. The van der Waals surface area contributed by atoms with Crippen LogP contribution in [0, 0.1) is 0 Å². The Kier molecular flexibility index (Phi) is 34.3. The third-order valence-electron chi connectivity index (χ3n) is 7.76. The number of unbranched alkanes of at least 4 members (excludes halogenated alkanes) is 14. The Balaban J connectivity index is 3.73. The quantitative estimate of drug-likeness (QED) is 0.0256. The van der Waals surface area contributed by atoms with E-state index in [2.05, 4.69) is 61.7 Å². The van der Waals surface area contributed by atoms with Crippen LogP contribution in [0.2, 0.25) is 0 Å². The summed E-state index contributed by atoms with van der Waals surface area (Å²) in [7, 11) is -4.42. The SMILES string of the molecule is CCCCC/C=C\C/C=C\C/C=C\C/C=C\CCCC(=O)OCC(O)COP(=O)(O)OCCNC(=O)CCCCCCCCCCCCC. The van der Waals surface area contributed by atoms with Crippen LogP contribution in [-0.2, 0) is 27.9 Å². The second-order valence-electron chi connectivity index (χ2n) is 12.6. The van der Waals surface area contributed by atoms with Crippen LogP contribution in [0.15, 0.2) is 48.6 Å². The number of phosphoric ester groups is 1. The molecule has 0 aromatic heterocycles. The zero-order valence-corrected chi connectivity index (χ0v) is 31.8. The van der Waals surface area contributed by atoms with Crippen LogP contribution < -0.4 is 5.32 Å². The Bertz CT molecular complexity index is 949. The molecule has 3 N–H and O–H groups in total. The summed E-state index contributed by atoms with van der Waals surface area (Å²) in [5, 5.41) is 12.6. The maximum absolute atomic E-state index is 12.0. The number of nitrogens with one attached hydrogen (secondary N) is 1. The predicted octanol–water partition coefficient (Wildman–Crippen LogP) is 9.99. The Hall–Kier alpha value is -2.03. The van der Waals surface area contributed by atoms with Gasteiger partial charge in [-0.2, -0.15) is 0 Å². The fraction of sp³-hybridized carbons (Fsp3) is 0.744. The van der Waals surface area contributed by atoms with Crippen LogP contribution in [0.25, 0.3) is 0 Å². The van der Waals surface area contributed by atoms with E-state index in [0.717, 1.165) is 44.9 Å². The van der Waals surface area contributed by atoms with Gasteiger partial charge >= 0.3 is 13.8 Å². The molecule has 0 aromatic rings. The predicted molar refractivity (Wildman–Crippen MR) is 201 cm³/mol. The van der Waals surface area contributed by atoms with Gasteiger partial charge in [0.15, 0.2) is 0 Å². The first-order chi connectivity index (χ1) is 23.8. The van der Waals surface area contributed by atoms with Gasteiger partial charge in [-0.3, -0.25) is 18.6 Å². The van der Waals surface area contributed by atoms with Gasteiger partial charge < -0.3 is 20.1 Å². The number of carbonyl (C=O) groups is 2. The lowest BCUT2D eigenvalue weighted by molar-refractivity contribution is -0.147. The Labute approximate surface area is 298 Å². The average molecular weight is 712 g/mol. The molecule has 10 heteroatoms. The number of amides is 1. The minimum Gasteiger partial charge on any atom is -0.463 e. The highest BCUT2D eigenvalue weighted by atomic mass is 31.2. The van der Waals surface area contributed by atoms with Gasteiger partial charge in [-0.1, -0.05) is 140 Å². The molecule has 0 heterocycles. The Morgan fingerprint density at radius 1 is 0.633 bits per heavy atom. The number of esters is 1. The molecule has 0 aliphatic heterocycles. The number of phosphoric acid groups is 1. The van der Waals surface area contributed by atoms with Gasteiger partial charge in [-0.15, -0.1) is 0 Å². The molecular weight excluding hydrogens is 641 g/mol. The monoisotopic (exact) mass is 711 g/mol. The van der Waals surface area contributed by atoms with Crippen molar-refractivity contribution in [2.24, 2.45) is 0 Å². The van der Waals surface area contributed by atoms with Crippen LogP contribution in [0.5, 0.6) is 0 Å². The first-order valence-electron chi connectivity index (χ1n) is 19.1. The van der Waals surface area contributed by atoms with Crippen molar-refractivity contribution in [1.82, 2.24) is 5.32 Å². The maximum Gasteiger partial charge on any atom is 0.472 e. The topological polar surface area (TPSA) is 131 Å². The number of ether oxygens (including phenoxy) is 1. The summed E-state index contributed by atoms with van der Waals surface area (Å²) in [6.07, 6.45) is 39.0. The third-order valence-corrected chi connectivity index (χ3v) is 8.75. The van der Waals surface area contributed by atoms with Gasteiger partial charge in [0.05, 0.1) is 13.2 Å². The summed E-state index contributed by atoms with van der Waals surface area (Å²) < 4.78 is 26.7. The first kappa shape index (κ1) is 47.0. The average Bonchev–Trinajstić information content (AvgIpc) is 3.08. The standard InChI is InChI=1S/C39H70NO8P/c1-3-5-7-9-11-13-15-16-17-18-19-20-22-24-26-28-30-32-39(43)46-35-37(41)36-48-49(44,45)47-34-33-40-38(42)31-29-27-25-23-21-14-12-10-8-6-4-2/h11,13,16-17,19-20,24,26,37,41H,3-10,12,14-15,18,21-23,25,27-36H2,1-2H3,(H,40,42)(H,44,45)/b13-11-,17-16-,20-19-,26-24-. The van der Waals surface area contributed by atoms with Crippen LogP contribution in [-0.4, -0.2) is 54.3 Å². The molecule has 2 unspecified atom stereocenters. The van der Waals surface area contributed by atoms with Crippen molar-refractivity contribution in [1.29, 1.82) is 0 Å². The summed E-state index contributed by atoms with van der Waals surface area (Å²) in [6.45, 7) is 3.44. The number of aliphatic hydroxyl groups is 1. The number of allylic oxidation sites excluding steroid dienone is 8. The minimum absolute atomic E-state index is 0.0754. The zero-order chi connectivity index (χ0) is 36.1. The van der Waals surface area contributed by atoms with Gasteiger partial charge in [0.2, 0.25) is 5.91 Å². The van der Waals surface area contributed by atoms with E-state index in [1.165, 1.54) is 77.0 Å². The van der Waals surface area contributed by atoms with E-state index >= 15 is 0 Å². The van der Waals surface area contributed by atoms with Crippen molar-refractivity contribution in [2.45, 2.75) is 161 Å². The van der Waals surface area contributed by atoms with E-state index in [1.807, 2.05) is 6.08 Å². The molecule has 0 rings (SSSR count). The molecule has 284 valence electrons. The highest BCUT2D eigenvalue weighted by molar-refractivity contribution is 7.47. The molecule has 0 aliphatic carbocycles. The Morgan fingerprint density at radius 3 is 1.69 bits per heavy atom. The van der Waals surface area contributed by atoms with Gasteiger partial charge in [-0.05, 0) is 51.4 Å². The van der Waals surface area contributed by atoms with Crippen molar-refractivity contribution in [2.75, 3.05) is 26.4 Å². The third kappa shape index (κ3) is 37.1. The lowest BCUT2D eigenvalue weighted by atomic mass is 10.1. The van der Waals surface area contributed by atoms with Gasteiger partial charge in [-0.25, -0.2) is 4.57 Å². The van der Waals surface area contributed by atoms with Crippen molar-refractivity contribution in [3.05, 3.63) is 48.6 Å². The van der Waals surface area contributed by atoms with Crippen molar-refractivity contribution in [3.63, 3.8) is 0 Å². The second-order valence-corrected chi connectivity index (χ2v) is 14.0. The van der Waals surface area contributed by atoms with Crippen molar-refractivity contribution in [3.8, 4) is 0 Å². The minimum atomic E-state index is -4.42. The van der Waals surface area contributed by atoms with Crippen LogP contribution in [0.3, 0.4) is 0 Å². The molecular formula is C39H70NO8P. The van der Waals surface area contributed by atoms with E-state index in [4.69, 9.17) is 13.8 Å². The van der Waals surface area contributed by atoms with E-state index in [-0.39, 0.29) is 32.1 Å². The van der Waals surface area contributed by atoms with E-state index in [0.29, 0.717) is 12.8 Å². The molecule has 0 saturated heterocycles. The fourth-order valence-corrected chi connectivity index (χ4v) is 5.60. The first-order valence-corrected chi connectivity index (χ1v) is 20.6. The van der Waals surface area contributed by atoms with Gasteiger partial charge in [0, 0.05) is 19.4 Å². The molecule has 0 aromatic carbocycles. The number of hydrogen-bond acceptors (Lipinski definition) is 7. The summed E-state index contributed by atoms with van der Waals surface area (Å²) in [6, 6.07) is 0. The van der Waals surface area contributed by atoms with E-state index < -0.39 is 26.5 Å². The molecule has 2 atom stereocenters. The highest BCUT2D eigenvalue weighted by Crippen LogP contribution is 2.42. The molecule has 0 radical (unpaired) electrons. The second kappa shape index (κ2) is 35.8.